The van der Waals surface area contributed by atoms with E-state index >= 15 is 0 Å². The Balaban J connectivity index is 3.04. The van der Waals surface area contributed by atoms with Gasteiger partial charge in [0.05, 0.1) is 139 Å². The van der Waals surface area contributed by atoms with Crippen molar-refractivity contribution in [2.45, 2.75) is 12.8 Å². The Labute approximate surface area is 213 Å². The van der Waals surface area contributed by atoms with Crippen LogP contribution in [0.25, 0.3) is 0 Å². The Morgan fingerprint density at radius 1 is 0.417 bits per heavy atom. The van der Waals surface area contributed by atoms with E-state index in [0.717, 1.165) is 0 Å². The molecule has 214 valence electrons. The summed E-state index contributed by atoms with van der Waals surface area (Å²) < 4.78 is 52.5. The summed E-state index contributed by atoms with van der Waals surface area (Å²) in [5.74, 6) is -1.17. The number of hydrogen-bond acceptors (Lipinski definition) is 12. The number of carboxylic acid groups (broad SMARTS) is 1. The number of aliphatic carboxylic acids is 1. The minimum absolute atomic E-state index is 0.00343. The van der Waals surface area contributed by atoms with Gasteiger partial charge in [-0.25, -0.2) is 0 Å². The lowest BCUT2D eigenvalue weighted by atomic mass is 10.5. The molecule has 0 saturated carbocycles. The van der Waals surface area contributed by atoms with Crippen molar-refractivity contribution in [3.8, 4) is 0 Å². The van der Waals surface area contributed by atoms with Gasteiger partial charge in [-0.1, -0.05) is 0 Å². The summed E-state index contributed by atoms with van der Waals surface area (Å²) in [6, 6.07) is 0. The molecule has 13 nitrogen and oxygen atoms in total. The van der Waals surface area contributed by atoms with Crippen molar-refractivity contribution in [1.82, 2.24) is 0 Å². The molecule has 0 aliphatic carbocycles. The van der Waals surface area contributed by atoms with Gasteiger partial charge in [0.2, 0.25) is 0 Å². The molecule has 36 heavy (non-hydrogen) atoms. The normalized spacial score (nSPS) is 11.1. The van der Waals surface area contributed by atoms with E-state index in [9.17, 15) is 9.59 Å². The van der Waals surface area contributed by atoms with Crippen LogP contribution in [-0.2, 0) is 57.0 Å². The Morgan fingerprint density at radius 3 is 0.861 bits per heavy atom. The topological polar surface area (TPSA) is 147 Å². The van der Waals surface area contributed by atoms with Crippen LogP contribution in [0.2, 0.25) is 0 Å². The van der Waals surface area contributed by atoms with Gasteiger partial charge >= 0.3 is 11.9 Å². The number of carboxylic acids is 1. The van der Waals surface area contributed by atoms with Crippen LogP contribution in [0.1, 0.15) is 12.8 Å². The molecule has 0 aromatic carbocycles. The fraction of sp³-hybridized carbons (Fsp3) is 0.913. The predicted molar refractivity (Wildman–Crippen MR) is 126 cm³/mol. The van der Waals surface area contributed by atoms with Crippen molar-refractivity contribution in [2.75, 3.05) is 126 Å². The Kier molecular flexibility index (Phi) is 28.6. The van der Waals surface area contributed by atoms with Gasteiger partial charge in [-0.3, -0.25) is 9.59 Å². The lowest BCUT2D eigenvalue weighted by Gasteiger charge is -2.08. The van der Waals surface area contributed by atoms with Gasteiger partial charge in [-0.2, -0.15) is 0 Å². The largest absolute Gasteiger partial charge is 0.481 e. The summed E-state index contributed by atoms with van der Waals surface area (Å²) >= 11 is 0. The molecule has 0 unspecified atom stereocenters. The van der Waals surface area contributed by atoms with Gasteiger partial charge in [0.25, 0.3) is 0 Å². The maximum Gasteiger partial charge on any atom is 0.307 e. The molecule has 0 heterocycles. The van der Waals surface area contributed by atoms with Gasteiger partial charge in [0.1, 0.15) is 0 Å². The van der Waals surface area contributed by atoms with Gasteiger partial charge in [0.15, 0.2) is 0 Å². The molecular formula is C23H44O13. The van der Waals surface area contributed by atoms with Crippen LogP contribution < -0.4 is 0 Å². The fourth-order valence-electron chi connectivity index (χ4n) is 2.28. The first-order valence-electron chi connectivity index (χ1n) is 12.1. The average Bonchev–Trinajstić information content (AvgIpc) is 2.87. The molecule has 0 saturated heterocycles. The highest BCUT2D eigenvalue weighted by Crippen LogP contribution is 1.88. The van der Waals surface area contributed by atoms with Crippen molar-refractivity contribution < 1.29 is 62.1 Å². The number of rotatable bonds is 30. The Morgan fingerprint density at radius 2 is 0.639 bits per heavy atom. The zero-order valence-corrected chi connectivity index (χ0v) is 21.5. The smallest absolute Gasteiger partial charge is 0.307 e. The van der Waals surface area contributed by atoms with E-state index in [1.807, 2.05) is 0 Å². The van der Waals surface area contributed by atoms with Gasteiger partial charge in [-0.05, 0) is 0 Å². The zero-order chi connectivity index (χ0) is 26.4. The summed E-state index contributed by atoms with van der Waals surface area (Å²) in [4.78, 5) is 21.2. The van der Waals surface area contributed by atoms with Crippen molar-refractivity contribution >= 4 is 11.9 Å². The molecule has 0 aliphatic heterocycles. The Hall–Kier alpha value is -1.42. The van der Waals surface area contributed by atoms with Crippen molar-refractivity contribution in [2.24, 2.45) is 0 Å². The lowest BCUT2D eigenvalue weighted by Crippen LogP contribution is -2.15. The standard InChI is InChI=1S/C23H44O13/c1-27-23(26)3-5-29-7-9-31-11-13-33-15-17-35-19-21-36-20-18-34-16-14-32-12-10-30-8-6-28-4-2-22(24)25/h2-21H2,1H3,(H,24,25). The maximum absolute atomic E-state index is 10.9. The van der Waals surface area contributed by atoms with Crippen molar-refractivity contribution in [3.63, 3.8) is 0 Å². The summed E-state index contributed by atoms with van der Waals surface area (Å²) in [6.45, 7) is 7.82. The Bertz CT molecular complexity index is 479. The number of ether oxygens (including phenoxy) is 10. The monoisotopic (exact) mass is 528 g/mol. The zero-order valence-electron chi connectivity index (χ0n) is 21.5. The minimum atomic E-state index is -0.876. The molecule has 0 aromatic heterocycles. The van der Waals surface area contributed by atoms with Crippen LogP contribution in [-0.4, -0.2) is 143 Å². The molecular weight excluding hydrogens is 484 g/mol. The first kappa shape index (κ1) is 34.6. The number of hydrogen-bond donors (Lipinski definition) is 1. The van der Waals surface area contributed by atoms with Gasteiger partial charge < -0.3 is 52.5 Å². The van der Waals surface area contributed by atoms with Crippen LogP contribution in [0.4, 0.5) is 0 Å². The molecule has 1 N–H and O–H groups in total. The van der Waals surface area contributed by atoms with Crippen LogP contribution in [0.5, 0.6) is 0 Å². The second-order valence-corrected chi connectivity index (χ2v) is 6.98. The lowest BCUT2D eigenvalue weighted by molar-refractivity contribution is -0.142. The van der Waals surface area contributed by atoms with Gasteiger partial charge in [-0.15, -0.1) is 0 Å². The maximum atomic E-state index is 10.9. The summed E-state index contributed by atoms with van der Waals surface area (Å²) in [7, 11) is 1.35. The highest BCUT2D eigenvalue weighted by molar-refractivity contribution is 5.69. The average molecular weight is 529 g/mol. The summed E-state index contributed by atoms with van der Waals surface area (Å²) in [5, 5.41) is 8.46. The van der Waals surface area contributed by atoms with E-state index in [4.69, 9.17) is 47.7 Å². The molecule has 0 aliphatic rings. The van der Waals surface area contributed by atoms with Crippen LogP contribution >= 0.6 is 0 Å². The van der Waals surface area contributed by atoms with Crippen molar-refractivity contribution in [3.05, 3.63) is 0 Å². The van der Waals surface area contributed by atoms with E-state index in [2.05, 4.69) is 4.74 Å². The van der Waals surface area contributed by atoms with E-state index in [1.165, 1.54) is 7.11 Å². The molecule has 0 amide bonds. The van der Waals surface area contributed by atoms with E-state index < -0.39 is 5.97 Å². The third kappa shape index (κ3) is 30.6. The van der Waals surface area contributed by atoms with Crippen molar-refractivity contribution in [1.29, 1.82) is 0 Å². The first-order chi connectivity index (χ1) is 17.7. The number of carbonyl (C=O) groups excluding carboxylic acids is 1. The third-order valence-corrected chi connectivity index (χ3v) is 4.11. The second-order valence-electron chi connectivity index (χ2n) is 6.98. The molecule has 0 aromatic rings. The quantitative estimate of drug-likeness (QED) is 0.0999. The highest BCUT2D eigenvalue weighted by atomic mass is 16.6. The SMILES string of the molecule is COC(=O)CCOCCOCCOCCOCCOCCOCCOCCOCCOCCC(=O)O. The molecule has 0 atom stereocenters. The summed E-state index contributed by atoms with van der Waals surface area (Å²) in [6.07, 6.45) is 0.238. The molecule has 0 rings (SSSR count). The first-order valence-corrected chi connectivity index (χ1v) is 12.1. The molecule has 0 bridgehead atoms. The molecule has 0 radical (unpaired) electrons. The number of esters is 1. The second kappa shape index (κ2) is 29.8. The van der Waals surface area contributed by atoms with Crippen LogP contribution in [0, 0.1) is 0 Å². The third-order valence-electron chi connectivity index (χ3n) is 4.11. The predicted octanol–water partition coefficient (Wildman–Crippen LogP) is 0.174. The van der Waals surface area contributed by atoms with E-state index in [1.54, 1.807) is 0 Å². The summed E-state index contributed by atoms with van der Waals surface area (Å²) in [5.41, 5.74) is 0. The number of methoxy groups -OCH3 is 1. The molecule has 0 fully saturated rings. The van der Waals surface area contributed by atoms with Crippen LogP contribution in [0.3, 0.4) is 0 Å². The molecule has 0 spiro atoms. The molecule has 13 heteroatoms. The van der Waals surface area contributed by atoms with E-state index in [-0.39, 0.29) is 25.4 Å². The van der Waals surface area contributed by atoms with Gasteiger partial charge in [0, 0.05) is 0 Å². The van der Waals surface area contributed by atoms with E-state index in [0.29, 0.717) is 112 Å². The minimum Gasteiger partial charge on any atom is -0.481 e. The number of carbonyl (C=O) groups is 2. The fourth-order valence-corrected chi connectivity index (χ4v) is 2.28. The highest BCUT2D eigenvalue weighted by Gasteiger charge is 1.99. The van der Waals surface area contributed by atoms with Crippen LogP contribution in [0.15, 0.2) is 0 Å².